The average molecular weight is 1760 g/mol. The van der Waals surface area contributed by atoms with Crippen LogP contribution in [0.1, 0.15) is 172 Å². The van der Waals surface area contributed by atoms with E-state index in [0.717, 1.165) is 76.0 Å². The van der Waals surface area contributed by atoms with E-state index >= 15 is 26.3 Å². The van der Waals surface area contributed by atoms with Crippen LogP contribution in [-0.4, -0.2) is 96.3 Å². The van der Waals surface area contributed by atoms with Gasteiger partial charge in [-0.2, -0.15) is 15.0 Å². The predicted octanol–water partition coefficient (Wildman–Crippen LogP) is 20.4. The molecule has 9 aromatic heterocycles. The highest BCUT2D eigenvalue weighted by molar-refractivity contribution is 6.38. The summed E-state index contributed by atoms with van der Waals surface area (Å²) in [6, 6.07) is 8.61. The second-order valence-corrected chi connectivity index (χ2v) is 32.9. The summed E-state index contributed by atoms with van der Waals surface area (Å²) in [5.41, 5.74) is 15.0. The molecule has 36 heteroatoms. The van der Waals surface area contributed by atoms with Crippen LogP contribution in [0.25, 0.3) is 83.9 Å². The summed E-state index contributed by atoms with van der Waals surface area (Å²) in [6.07, 6.45) is 13.1. The van der Waals surface area contributed by atoms with Crippen LogP contribution in [0.3, 0.4) is 0 Å². The first-order chi connectivity index (χ1) is 56.8. The summed E-state index contributed by atoms with van der Waals surface area (Å²) < 4.78 is 154. The Kier molecular flexibility index (Phi) is 25.2. The van der Waals surface area contributed by atoms with Crippen molar-refractivity contribution in [1.29, 1.82) is 0 Å². The molecule has 0 unspecified atom stereocenters. The second kappa shape index (κ2) is 34.6. The Labute approximate surface area is 706 Å². The topological polar surface area (TPSA) is 270 Å². The first-order valence-corrected chi connectivity index (χ1v) is 40.6. The van der Waals surface area contributed by atoms with E-state index in [1.54, 1.807) is 43.7 Å². The van der Waals surface area contributed by atoms with Gasteiger partial charge in [0.1, 0.15) is 59.6 Å². The van der Waals surface area contributed by atoms with E-state index in [2.05, 4.69) is 44.9 Å². The van der Waals surface area contributed by atoms with Crippen molar-refractivity contribution in [3.63, 3.8) is 0 Å². The molecule has 15 rings (SSSR count). The van der Waals surface area contributed by atoms with Crippen LogP contribution in [0.15, 0.2) is 69.4 Å². The Bertz CT molecular complexity index is 5690. The molecule has 3 aromatic carbocycles. The zero-order valence-electron chi connectivity index (χ0n) is 67.0. The molecule has 0 spiro atoms. The minimum Gasteiger partial charge on any atom is -0.397 e. The van der Waals surface area contributed by atoms with Crippen LogP contribution < -0.4 is 49.0 Å². The van der Waals surface area contributed by atoms with Gasteiger partial charge in [0.2, 0.25) is 0 Å². The number of nitrogens with zero attached hydrogens (tertiary/aromatic N) is 15. The van der Waals surface area contributed by atoms with Crippen LogP contribution in [0.4, 0.5) is 78.4 Å². The maximum atomic E-state index is 15.9. The SMILES string of the molecule is Cc1ccnc(C(C)C)c1-n1c(=O)nc(N2CCCC[C@@H]2C)c2cc(F)c(-c3c(N)c(Cl)c(F)c(Cl)c3F)nc21.Cc1ccnc(C(C)C)c1-n1c(=O)nc(N2CCCC[C@@H]2C)c2cc(F)c(-c3c(N)c(Cl)c(F)c(Cl)c3F)nc21.Cc1ccnc(C(C)C)c1-n1c(=O)nc(N2CCCC[C@@H]2C)c2cc(F)c(-c3c(N)c(Cl)c(F)c(F)c3F)nc21. The van der Waals surface area contributed by atoms with E-state index in [-0.39, 0.29) is 86.4 Å². The fraction of sp³-hybridized carbons (Fsp3) is 0.357. The van der Waals surface area contributed by atoms with Crippen molar-refractivity contribution in [2.75, 3.05) is 51.5 Å². The number of hydrogen-bond acceptors (Lipinski definition) is 18. The van der Waals surface area contributed by atoms with E-state index < -0.39 is 151 Å². The number of fused-ring (bicyclic) bond motifs is 3. The fourth-order valence-electron chi connectivity index (χ4n) is 15.8. The normalized spacial score (nSPS) is 15.8. The zero-order valence-corrected chi connectivity index (χ0v) is 70.8. The highest BCUT2D eigenvalue weighted by Crippen LogP contribution is 2.47. The lowest BCUT2D eigenvalue weighted by Gasteiger charge is -2.35. The summed E-state index contributed by atoms with van der Waals surface area (Å²) in [7, 11) is 0. The number of nitrogen functional groups attached to an aromatic ring is 3. The number of anilines is 6. The minimum absolute atomic E-state index is 0.00637. The van der Waals surface area contributed by atoms with Gasteiger partial charge in [-0.25, -0.2) is 86.9 Å². The number of aryl methyl sites for hydroxylation is 3. The van der Waals surface area contributed by atoms with Crippen molar-refractivity contribution in [2.45, 2.75) is 177 Å². The number of piperidine rings is 3. The molecule has 630 valence electrons. The standard InChI is InChI=1S/2C28H27Cl2F3N6O.C28H27ClF4N6O/c2*1-12(2)23-25(13(3)8-9-35-23)39-27-15(26(37-28(39)40)38-10-6-5-7-14(38)4)11-16(31)24(36-27)17-20(32)18(29)21(33)19(30)22(17)34;1-12(2)23-25(13(3)8-9-35-23)39-27-15(26(37-28(39)40)38-10-6-5-7-14(38)4)11-16(30)24(36-27)17-19(31)21(33)20(32)18(29)22(17)34/h3*8-9,11-12,14H,5-7,10,34H2,1-4H3/t3*14-/m000/s1. The van der Waals surface area contributed by atoms with Crippen LogP contribution in [-0.2, 0) is 0 Å². The van der Waals surface area contributed by atoms with Gasteiger partial charge in [0.05, 0.1) is 84.1 Å². The van der Waals surface area contributed by atoms with Gasteiger partial charge in [-0.3, -0.25) is 15.0 Å². The molecule has 0 radical (unpaired) electrons. The maximum Gasteiger partial charge on any atom is 0.355 e. The molecule has 3 atom stereocenters. The van der Waals surface area contributed by atoms with Crippen molar-refractivity contribution in [2.24, 2.45) is 0 Å². The van der Waals surface area contributed by atoms with Crippen LogP contribution in [0.5, 0.6) is 0 Å². The lowest BCUT2D eigenvalue weighted by molar-refractivity contribution is 0.449. The molecule has 3 fully saturated rings. The molecule has 3 saturated heterocycles. The first-order valence-electron chi connectivity index (χ1n) is 38.7. The number of aromatic nitrogens is 12. The quantitative estimate of drug-likeness (QED) is 0.0444. The number of halogens is 15. The fourth-order valence-corrected chi connectivity index (χ4v) is 16.9. The highest BCUT2D eigenvalue weighted by atomic mass is 35.5. The molecule has 3 aliphatic heterocycles. The summed E-state index contributed by atoms with van der Waals surface area (Å²) in [6.45, 7) is 24.7. The molecule has 3 aliphatic rings. The Morgan fingerprint density at radius 3 is 0.900 bits per heavy atom. The summed E-state index contributed by atoms with van der Waals surface area (Å²) in [5, 5.41) is -3.47. The molecule has 0 amide bonds. The molecule has 12 heterocycles. The minimum atomic E-state index is -1.92. The Morgan fingerprint density at radius 1 is 0.367 bits per heavy atom. The molecule has 120 heavy (non-hydrogen) atoms. The van der Waals surface area contributed by atoms with E-state index in [1.807, 2.05) is 90.9 Å². The highest BCUT2D eigenvalue weighted by Gasteiger charge is 2.36. The molecule has 12 aromatic rings. The smallest absolute Gasteiger partial charge is 0.355 e. The molecule has 0 bridgehead atoms. The third-order valence-electron chi connectivity index (χ3n) is 22.0. The number of benzene rings is 3. The number of nitrogens with two attached hydrogens (primary N) is 3. The third kappa shape index (κ3) is 15.5. The van der Waals surface area contributed by atoms with Crippen LogP contribution >= 0.6 is 58.0 Å². The molecule has 21 nitrogen and oxygen atoms in total. The molecule has 0 aliphatic carbocycles. The molecule has 6 N–H and O–H groups in total. The van der Waals surface area contributed by atoms with Gasteiger partial charge in [-0.05, 0) is 170 Å². The predicted molar refractivity (Wildman–Crippen MR) is 451 cm³/mol. The van der Waals surface area contributed by atoms with Gasteiger partial charge < -0.3 is 31.9 Å². The lowest BCUT2D eigenvalue weighted by Crippen LogP contribution is -2.40. The van der Waals surface area contributed by atoms with Crippen molar-refractivity contribution in [1.82, 2.24) is 58.6 Å². The number of pyridine rings is 6. The van der Waals surface area contributed by atoms with Crippen molar-refractivity contribution < 1.29 is 43.9 Å². The van der Waals surface area contributed by atoms with Gasteiger partial charge in [-0.1, -0.05) is 99.5 Å². The Morgan fingerprint density at radius 2 is 0.633 bits per heavy atom. The summed E-state index contributed by atoms with van der Waals surface area (Å²) in [5.74, 6) is -13.1. The largest absolute Gasteiger partial charge is 0.397 e. The molecular formula is C84H81Cl5F10N18O3. The average Bonchev–Trinajstić information content (AvgIpc) is 0.737. The van der Waals surface area contributed by atoms with Crippen LogP contribution in [0, 0.1) is 78.9 Å². The lowest BCUT2D eigenvalue weighted by atomic mass is 10.0. The van der Waals surface area contributed by atoms with E-state index in [0.29, 0.717) is 70.5 Å². The second-order valence-electron chi connectivity index (χ2n) is 31.0. The monoisotopic (exact) mass is 1750 g/mol. The van der Waals surface area contributed by atoms with Gasteiger partial charge in [0.15, 0.2) is 75.1 Å². The van der Waals surface area contributed by atoms with Crippen molar-refractivity contribution in [3.05, 3.63) is 203 Å². The molecular weight excluding hydrogens is 1680 g/mol. The van der Waals surface area contributed by atoms with Gasteiger partial charge in [-0.15, -0.1) is 0 Å². The van der Waals surface area contributed by atoms with E-state index in [9.17, 15) is 31.9 Å². The van der Waals surface area contributed by atoms with Crippen molar-refractivity contribution in [3.8, 4) is 50.8 Å². The van der Waals surface area contributed by atoms with Crippen molar-refractivity contribution >= 4 is 126 Å². The van der Waals surface area contributed by atoms with E-state index in [1.165, 1.54) is 13.7 Å². The van der Waals surface area contributed by atoms with Crippen LogP contribution in [0.2, 0.25) is 25.1 Å². The Hall–Kier alpha value is -10.5. The third-order valence-corrected chi connectivity index (χ3v) is 23.8. The Balaban J connectivity index is 0.000000156. The van der Waals surface area contributed by atoms with Gasteiger partial charge in [0.25, 0.3) is 0 Å². The van der Waals surface area contributed by atoms with Gasteiger partial charge in [0, 0.05) is 56.4 Å². The number of rotatable bonds is 12. The summed E-state index contributed by atoms with van der Waals surface area (Å²) in [4.78, 5) is 87.2. The zero-order chi connectivity index (χ0) is 87.1. The maximum absolute atomic E-state index is 15.9. The summed E-state index contributed by atoms with van der Waals surface area (Å²) >= 11 is 29.4. The number of hydrogen-bond donors (Lipinski definition) is 3. The molecule has 0 saturated carbocycles. The van der Waals surface area contributed by atoms with Gasteiger partial charge >= 0.3 is 17.1 Å². The van der Waals surface area contributed by atoms with E-state index in [4.69, 9.17) is 75.2 Å². The first kappa shape index (κ1) is 87.4.